The van der Waals surface area contributed by atoms with E-state index in [1.165, 1.54) is 24.3 Å². The summed E-state index contributed by atoms with van der Waals surface area (Å²) >= 11 is 3.32. The van der Waals surface area contributed by atoms with Crippen molar-refractivity contribution in [3.8, 4) is 5.75 Å². The van der Waals surface area contributed by atoms with Crippen molar-refractivity contribution in [2.75, 3.05) is 10.6 Å². The molecule has 0 saturated heterocycles. The van der Waals surface area contributed by atoms with Crippen LogP contribution in [0.3, 0.4) is 0 Å². The van der Waals surface area contributed by atoms with Crippen molar-refractivity contribution in [1.82, 2.24) is 0 Å². The molecular formula is C22H17BrF2N2O3. The Morgan fingerprint density at radius 3 is 2.00 bits per heavy atom. The fourth-order valence-corrected chi connectivity index (χ4v) is 2.89. The number of ether oxygens (including phenoxy) is 1. The van der Waals surface area contributed by atoms with E-state index in [4.69, 9.17) is 0 Å². The number of carbonyl (C=O) groups excluding carboxylic acids is 2. The summed E-state index contributed by atoms with van der Waals surface area (Å²) in [6.07, 6.45) is 0.121. The summed E-state index contributed by atoms with van der Waals surface area (Å²) in [6.45, 7) is -2.90. The molecule has 0 spiro atoms. The minimum Gasteiger partial charge on any atom is -0.435 e. The third-order valence-corrected chi connectivity index (χ3v) is 4.57. The van der Waals surface area contributed by atoms with Crippen LogP contribution in [0.5, 0.6) is 5.75 Å². The van der Waals surface area contributed by atoms with Gasteiger partial charge in [-0.25, -0.2) is 0 Å². The summed E-state index contributed by atoms with van der Waals surface area (Å²) in [5.74, 6) is -0.472. The molecule has 5 nitrogen and oxygen atoms in total. The number of halogens is 3. The van der Waals surface area contributed by atoms with E-state index < -0.39 is 6.61 Å². The molecule has 3 aromatic carbocycles. The molecule has 0 radical (unpaired) electrons. The monoisotopic (exact) mass is 474 g/mol. The second kappa shape index (κ2) is 9.98. The van der Waals surface area contributed by atoms with Gasteiger partial charge in [-0.05, 0) is 66.2 Å². The van der Waals surface area contributed by atoms with Crippen LogP contribution in [0.2, 0.25) is 0 Å². The molecule has 8 heteroatoms. The van der Waals surface area contributed by atoms with Crippen LogP contribution in [0, 0.1) is 0 Å². The van der Waals surface area contributed by atoms with Gasteiger partial charge in [0.15, 0.2) is 0 Å². The number of benzene rings is 3. The summed E-state index contributed by atoms with van der Waals surface area (Å²) in [4.78, 5) is 24.4. The highest BCUT2D eigenvalue weighted by atomic mass is 79.9. The van der Waals surface area contributed by atoms with Crippen LogP contribution in [0.15, 0.2) is 77.3 Å². The van der Waals surface area contributed by atoms with Crippen LogP contribution >= 0.6 is 15.9 Å². The number of rotatable bonds is 7. The summed E-state index contributed by atoms with van der Waals surface area (Å²) in [6, 6.07) is 19.6. The molecule has 0 saturated carbocycles. The molecule has 0 unspecified atom stereocenters. The lowest BCUT2D eigenvalue weighted by Gasteiger charge is -2.09. The lowest BCUT2D eigenvalue weighted by atomic mass is 10.1. The molecule has 0 aromatic heterocycles. The van der Waals surface area contributed by atoms with E-state index in [2.05, 4.69) is 31.3 Å². The molecule has 0 fully saturated rings. The topological polar surface area (TPSA) is 67.4 Å². The second-order valence-corrected chi connectivity index (χ2v) is 7.20. The van der Waals surface area contributed by atoms with E-state index in [-0.39, 0.29) is 24.0 Å². The van der Waals surface area contributed by atoms with Crippen molar-refractivity contribution in [3.63, 3.8) is 0 Å². The van der Waals surface area contributed by atoms with Crippen molar-refractivity contribution in [2.45, 2.75) is 13.0 Å². The number of carbonyl (C=O) groups is 2. The van der Waals surface area contributed by atoms with Crippen molar-refractivity contribution in [3.05, 3.63) is 88.4 Å². The lowest BCUT2D eigenvalue weighted by Crippen LogP contribution is -2.15. The summed E-state index contributed by atoms with van der Waals surface area (Å²) < 4.78 is 29.5. The molecule has 0 atom stereocenters. The zero-order valence-electron chi connectivity index (χ0n) is 15.6. The van der Waals surface area contributed by atoms with E-state index in [0.717, 1.165) is 10.0 Å². The first-order valence-electron chi connectivity index (χ1n) is 8.89. The first kappa shape index (κ1) is 21.4. The SMILES string of the molecule is O=C(Cc1ccc(NC(=O)c2ccc(Br)cc2)cc1)Nc1ccc(OC(F)F)cc1. The minimum atomic E-state index is -2.90. The van der Waals surface area contributed by atoms with Gasteiger partial charge in [0.25, 0.3) is 5.91 Å². The molecule has 154 valence electrons. The molecule has 0 heterocycles. The highest BCUT2D eigenvalue weighted by Crippen LogP contribution is 2.18. The van der Waals surface area contributed by atoms with E-state index in [9.17, 15) is 18.4 Å². The zero-order valence-corrected chi connectivity index (χ0v) is 17.2. The highest BCUT2D eigenvalue weighted by Gasteiger charge is 2.08. The molecule has 0 aliphatic carbocycles. The van der Waals surface area contributed by atoms with E-state index in [1.807, 2.05) is 0 Å². The summed E-state index contributed by atoms with van der Waals surface area (Å²) in [7, 11) is 0. The molecule has 30 heavy (non-hydrogen) atoms. The number of hydrogen-bond donors (Lipinski definition) is 2. The predicted octanol–water partition coefficient (Wildman–Crippen LogP) is 5.48. The molecule has 2 N–H and O–H groups in total. The molecule has 0 aliphatic rings. The number of alkyl halides is 2. The average molecular weight is 475 g/mol. The first-order valence-corrected chi connectivity index (χ1v) is 9.69. The standard InChI is InChI=1S/C22H17BrF2N2O3/c23-16-5-3-15(4-6-16)21(29)27-18-7-1-14(2-8-18)13-20(28)26-17-9-11-19(12-10-17)30-22(24)25/h1-12,22H,13H2,(H,26,28)(H,27,29). The van der Waals surface area contributed by atoms with Gasteiger partial charge in [0.05, 0.1) is 6.42 Å². The molecule has 2 amide bonds. The number of anilines is 2. The molecule has 0 aliphatic heterocycles. The summed E-state index contributed by atoms with van der Waals surface area (Å²) in [5.41, 5.74) is 2.38. The Kier molecular flexibility index (Phi) is 7.13. The van der Waals surface area contributed by atoms with Crippen LogP contribution in [0.25, 0.3) is 0 Å². The lowest BCUT2D eigenvalue weighted by molar-refractivity contribution is -0.115. The van der Waals surface area contributed by atoms with Crippen molar-refractivity contribution >= 4 is 39.1 Å². The van der Waals surface area contributed by atoms with Crippen LogP contribution in [0.1, 0.15) is 15.9 Å². The Morgan fingerprint density at radius 2 is 1.40 bits per heavy atom. The van der Waals surface area contributed by atoms with E-state index >= 15 is 0 Å². The zero-order chi connectivity index (χ0) is 21.5. The molecule has 0 bridgehead atoms. The van der Waals surface area contributed by atoms with Gasteiger partial charge in [0.2, 0.25) is 5.91 Å². The van der Waals surface area contributed by atoms with Gasteiger partial charge in [0.1, 0.15) is 5.75 Å². The molecule has 3 rings (SSSR count). The summed E-state index contributed by atoms with van der Waals surface area (Å²) in [5, 5.41) is 5.48. The van der Waals surface area contributed by atoms with Crippen molar-refractivity contribution in [1.29, 1.82) is 0 Å². The van der Waals surface area contributed by atoms with Gasteiger partial charge in [-0.3, -0.25) is 9.59 Å². The third kappa shape index (κ3) is 6.38. The highest BCUT2D eigenvalue weighted by molar-refractivity contribution is 9.10. The maximum atomic E-state index is 12.2. The molecule has 3 aromatic rings. The largest absolute Gasteiger partial charge is 0.435 e. The fraction of sp³-hybridized carbons (Fsp3) is 0.0909. The van der Waals surface area contributed by atoms with Crippen LogP contribution < -0.4 is 15.4 Å². The van der Waals surface area contributed by atoms with Crippen molar-refractivity contribution in [2.24, 2.45) is 0 Å². The van der Waals surface area contributed by atoms with Gasteiger partial charge < -0.3 is 15.4 Å². The molecular weight excluding hydrogens is 458 g/mol. The first-order chi connectivity index (χ1) is 14.4. The Hall–Kier alpha value is -3.26. The number of hydrogen-bond acceptors (Lipinski definition) is 3. The quantitative estimate of drug-likeness (QED) is 0.476. The number of nitrogens with one attached hydrogen (secondary N) is 2. The minimum absolute atomic E-state index is 0.0174. The fourth-order valence-electron chi connectivity index (χ4n) is 2.62. The van der Waals surface area contributed by atoms with Gasteiger partial charge in [0, 0.05) is 21.4 Å². The Balaban J connectivity index is 1.52. The van der Waals surface area contributed by atoms with Crippen molar-refractivity contribution < 1.29 is 23.1 Å². The maximum absolute atomic E-state index is 12.2. The Morgan fingerprint density at radius 1 is 0.833 bits per heavy atom. The van der Waals surface area contributed by atoms with E-state index in [0.29, 0.717) is 16.9 Å². The predicted molar refractivity (Wildman–Crippen MR) is 114 cm³/mol. The Labute approximate surface area is 180 Å². The maximum Gasteiger partial charge on any atom is 0.387 e. The Bertz CT molecular complexity index is 1010. The third-order valence-electron chi connectivity index (χ3n) is 4.05. The number of amides is 2. The van der Waals surface area contributed by atoms with Gasteiger partial charge in [-0.2, -0.15) is 8.78 Å². The van der Waals surface area contributed by atoms with Crippen LogP contribution in [0.4, 0.5) is 20.2 Å². The normalized spacial score (nSPS) is 10.5. The average Bonchev–Trinajstić information content (AvgIpc) is 2.71. The van der Waals surface area contributed by atoms with Gasteiger partial charge in [-0.15, -0.1) is 0 Å². The second-order valence-electron chi connectivity index (χ2n) is 6.29. The van der Waals surface area contributed by atoms with Gasteiger partial charge >= 0.3 is 6.61 Å². The van der Waals surface area contributed by atoms with Crippen LogP contribution in [-0.2, 0) is 11.2 Å². The van der Waals surface area contributed by atoms with Crippen LogP contribution in [-0.4, -0.2) is 18.4 Å². The van der Waals surface area contributed by atoms with Gasteiger partial charge in [-0.1, -0.05) is 28.1 Å². The smallest absolute Gasteiger partial charge is 0.387 e. The van der Waals surface area contributed by atoms with E-state index in [1.54, 1.807) is 48.5 Å².